The molecule has 2 heterocycles. The lowest BCUT2D eigenvalue weighted by molar-refractivity contribution is -0.237. The van der Waals surface area contributed by atoms with Crippen LogP contribution < -0.4 is 10.8 Å². The van der Waals surface area contributed by atoms with Crippen molar-refractivity contribution in [3.63, 3.8) is 0 Å². The van der Waals surface area contributed by atoms with Gasteiger partial charge >= 0.3 is 0 Å². The van der Waals surface area contributed by atoms with Crippen LogP contribution in [-0.4, -0.2) is 26.8 Å². The maximum absolute atomic E-state index is 13.3. The second-order valence-corrected chi connectivity index (χ2v) is 7.17. The van der Waals surface area contributed by atoms with E-state index in [1.54, 1.807) is 23.9 Å². The van der Waals surface area contributed by atoms with Gasteiger partial charge in [0.1, 0.15) is 16.9 Å². The van der Waals surface area contributed by atoms with Gasteiger partial charge in [-0.2, -0.15) is 10.6 Å². The highest BCUT2D eigenvalue weighted by atomic mass is 35.5. The molecule has 4 rings (SSSR count). The molecular formula is C20H20ClFN6O2S. The summed E-state index contributed by atoms with van der Waals surface area (Å²) in [6.07, 6.45) is 0. The SMILES string of the molecule is CNOOSc1ccc(Nc2nc(-c3ccc(F)cc3)nc3c(C)nn(C)c23)cc1.Cl. The van der Waals surface area contributed by atoms with Crippen molar-refractivity contribution in [1.29, 1.82) is 0 Å². The second-order valence-electron chi connectivity index (χ2n) is 6.40. The Balaban J connectivity index is 0.00000272. The molecule has 2 aromatic carbocycles. The van der Waals surface area contributed by atoms with E-state index in [9.17, 15) is 4.39 Å². The van der Waals surface area contributed by atoms with Crippen LogP contribution in [-0.2, 0) is 16.4 Å². The quantitative estimate of drug-likeness (QED) is 0.176. The summed E-state index contributed by atoms with van der Waals surface area (Å²) in [6, 6.07) is 13.7. The van der Waals surface area contributed by atoms with E-state index in [0.29, 0.717) is 11.6 Å². The van der Waals surface area contributed by atoms with Gasteiger partial charge in [0, 0.05) is 30.2 Å². The lowest BCUT2D eigenvalue weighted by atomic mass is 10.2. The number of hydroxylamine groups is 1. The first-order valence-corrected chi connectivity index (χ1v) is 9.80. The first-order chi connectivity index (χ1) is 14.5. The number of fused-ring (bicyclic) bond motifs is 1. The van der Waals surface area contributed by atoms with Gasteiger partial charge in [-0.1, -0.05) is 0 Å². The van der Waals surface area contributed by atoms with Crippen LogP contribution in [0.25, 0.3) is 22.4 Å². The molecule has 0 atom stereocenters. The lowest BCUT2D eigenvalue weighted by Gasteiger charge is -2.10. The number of hydrogen-bond acceptors (Lipinski definition) is 8. The molecule has 0 aliphatic carbocycles. The average molecular weight is 463 g/mol. The summed E-state index contributed by atoms with van der Waals surface area (Å²) in [4.78, 5) is 14.9. The van der Waals surface area contributed by atoms with Crippen molar-refractivity contribution >= 4 is 47.0 Å². The Bertz CT molecular complexity index is 1170. The molecule has 0 unspecified atom stereocenters. The number of aromatic nitrogens is 4. The monoisotopic (exact) mass is 462 g/mol. The Morgan fingerprint density at radius 3 is 2.42 bits per heavy atom. The maximum atomic E-state index is 13.3. The summed E-state index contributed by atoms with van der Waals surface area (Å²) < 4.78 is 20.0. The molecule has 0 bridgehead atoms. The fourth-order valence-electron chi connectivity index (χ4n) is 2.97. The van der Waals surface area contributed by atoms with Gasteiger partial charge in [0.05, 0.1) is 17.7 Å². The van der Waals surface area contributed by atoms with Crippen LogP contribution in [0.15, 0.2) is 53.4 Å². The molecule has 0 saturated carbocycles. The number of hydrogen-bond donors (Lipinski definition) is 2. The molecule has 31 heavy (non-hydrogen) atoms. The fourth-order valence-corrected chi connectivity index (χ4v) is 3.40. The van der Waals surface area contributed by atoms with Crippen LogP contribution in [0.4, 0.5) is 15.9 Å². The maximum Gasteiger partial charge on any atom is 0.162 e. The van der Waals surface area contributed by atoms with Crippen LogP contribution >= 0.6 is 24.4 Å². The molecule has 0 aliphatic rings. The zero-order valence-corrected chi connectivity index (χ0v) is 18.6. The number of aryl methyl sites for hydroxylation is 2. The van der Waals surface area contributed by atoms with Crippen LogP contribution in [0.1, 0.15) is 5.69 Å². The predicted molar refractivity (Wildman–Crippen MR) is 120 cm³/mol. The first kappa shape index (κ1) is 22.9. The molecule has 0 radical (unpaired) electrons. The fraction of sp³-hybridized carbons (Fsp3) is 0.150. The van der Waals surface area contributed by atoms with Crippen LogP contribution in [0, 0.1) is 12.7 Å². The van der Waals surface area contributed by atoms with E-state index in [-0.39, 0.29) is 18.2 Å². The number of anilines is 2. The minimum absolute atomic E-state index is 0. The molecule has 0 spiro atoms. The third-order valence-electron chi connectivity index (χ3n) is 4.32. The Morgan fingerprint density at radius 1 is 1.03 bits per heavy atom. The third-order valence-corrected chi connectivity index (χ3v) is 4.92. The molecule has 2 aromatic heterocycles. The highest BCUT2D eigenvalue weighted by molar-refractivity contribution is 7.94. The molecule has 2 N–H and O–H groups in total. The van der Waals surface area contributed by atoms with Gasteiger partial charge in [0.2, 0.25) is 0 Å². The van der Waals surface area contributed by atoms with E-state index >= 15 is 0 Å². The Kier molecular flexibility index (Phi) is 7.42. The highest BCUT2D eigenvalue weighted by Gasteiger charge is 2.16. The molecule has 0 saturated heterocycles. The molecule has 4 aromatic rings. The van der Waals surface area contributed by atoms with Gasteiger partial charge in [-0.05, 0) is 55.5 Å². The molecule has 0 amide bonds. The van der Waals surface area contributed by atoms with Crippen molar-refractivity contribution in [2.45, 2.75) is 11.8 Å². The molecule has 0 aliphatic heterocycles. The largest absolute Gasteiger partial charge is 0.338 e. The molecule has 11 heteroatoms. The van der Waals surface area contributed by atoms with E-state index in [1.807, 2.05) is 38.2 Å². The van der Waals surface area contributed by atoms with Gasteiger partial charge in [0.25, 0.3) is 0 Å². The number of nitrogens with zero attached hydrogens (tertiary/aromatic N) is 4. The predicted octanol–water partition coefficient (Wildman–Crippen LogP) is 4.73. The Morgan fingerprint density at radius 2 is 1.74 bits per heavy atom. The van der Waals surface area contributed by atoms with Crippen LogP contribution in [0.3, 0.4) is 0 Å². The van der Waals surface area contributed by atoms with Gasteiger partial charge in [0.15, 0.2) is 11.6 Å². The van der Waals surface area contributed by atoms with Crippen molar-refractivity contribution in [1.82, 2.24) is 25.2 Å². The normalized spacial score (nSPS) is 10.8. The molecular weight excluding hydrogens is 443 g/mol. The Labute approximate surface area is 188 Å². The highest BCUT2D eigenvalue weighted by Crippen LogP contribution is 2.29. The number of rotatable bonds is 7. The molecule has 162 valence electrons. The van der Waals surface area contributed by atoms with Gasteiger partial charge in [-0.15, -0.1) is 21.7 Å². The van der Waals surface area contributed by atoms with E-state index in [0.717, 1.165) is 44.9 Å². The number of nitrogens with one attached hydrogen (secondary N) is 2. The summed E-state index contributed by atoms with van der Waals surface area (Å²) in [5.41, 5.74) is 6.28. The smallest absolute Gasteiger partial charge is 0.162 e. The first-order valence-electron chi connectivity index (χ1n) is 9.06. The van der Waals surface area contributed by atoms with E-state index in [2.05, 4.69) is 30.9 Å². The van der Waals surface area contributed by atoms with Crippen molar-refractivity contribution in [3.05, 3.63) is 60.0 Å². The second kappa shape index (κ2) is 10.0. The van der Waals surface area contributed by atoms with Gasteiger partial charge in [-0.3, -0.25) is 4.68 Å². The standard InChI is InChI=1S/C20H19FN6O2S.ClH/c1-12-17-18(27(3)26-12)20(25-19(24-17)13-4-6-14(21)7-5-13)23-15-8-10-16(11-9-15)30-29-28-22-2;/h4-11,22H,1-3H3,(H,23,24,25);1H. The summed E-state index contributed by atoms with van der Waals surface area (Å²) in [6.45, 7) is 1.90. The Hall–Kier alpha value is -2.76. The van der Waals surface area contributed by atoms with E-state index in [4.69, 9.17) is 4.33 Å². The van der Waals surface area contributed by atoms with E-state index in [1.165, 1.54) is 12.1 Å². The molecule has 8 nitrogen and oxygen atoms in total. The van der Waals surface area contributed by atoms with Crippen molar-refractivity contribution in [3.8, 4) is 11.4 Å². The van der Waals surface area contributed by atoms with Crippen LogP contribution in [0.5, 0.6) is 0 Å². The summed E-state index contributed by atoms with van der Waals surface area (Å²) in [5, 5.41) is 7.81. The minimum atomic E-state index is -0.308. The summed E-state index contributed by atoms with van der Waals surface area (Å²) in [7, 11) is 3.46. The van der Waals surface area contributed by atoms with Crippen molar-refractivity contribution < 1.29 is 13.7 Å². The lowest BCUT2D eigenvalue weighted by Crippen LogP contribution is -2.04. The minimum Gasteiger partial charge on any atom is -0.338 e. The number of benzene rings is 2. The third kappa shape index (κ3) is 5.12. The van der Waals surface area contributed by atoms with Crippen molar-refractivity contribution in [2.24, 2.45) is 7.05 Å². The summed E-state index contributed by atoms with van der Waals surface area (Å²) in [5.74, 6) is 0.793. The topological polar surface area (TPSA) is 86.1 Å². The van der Waals surface area contributed by atoms with Crippen LogP contribution in [0.2, 0.25) is 0 Å². The summed E-state index contributed by atoms with van der Waals surface area (Å²) >= 11 is 1.09. The van der Waals surface area contributed by atoms with Gasteiger partial charge in [-0.25, -0.2) is 14.4 Å². The van der Waals surface area contributed by atoms with Crippen molar-refractivity contribution in [2.75, 3.05) is 12.4 Å². The average Bonchev–Trinajstić information content (AvgIpc) is 3.04. The van der Waals surface area contributed by atoms with E-state index < -0.39 is 0 Å². The number of halogens is 2. The molecule has 0 fully saturated rings. The zero-order chi connectivity index (χ0) is 21.1. The van der Waals surface area contributed by atoms with Gasteiger partial charge < -0.3 is 5.32 Å². The zero-order valence-electron chi connectivity index (χ0n) is 16.9.